The fourth-order valence-electron chi connectivity index (χ4n) is 0.976. The van der Waals surface area contributed by atoms with E-state index in [4.69, 9.17) is 0 Å². The molecule has 0 aliphatic heterocycles. The fraction of sp³-hybridized carbons (Fsp3) is 0.714. The van der Waals surface area contributed by atoms with Crippen LogP contribution in [0.4, 0.5) is 0 Å². The predicted molar refractivity (Wildman–Crippen MR) is 31.6 cm³/mol. The first-order chi connectivity index (χ1) is 3.39. The molecule has 40 valence electrons. The van der Waals surface area contributed by atoms with Crippen LogP contribution in [0.5, 0.6) is 0 Å². The van der Waals surface area contributed by atoms with Crippen LogP contribution in [0, 0.1) is 18.8 Å². The smallest absolute Gasteiger partial charge is 0.0355 e. The molecule has 0 heterocycles. The second-order valence-electron chi connectivity index (χ2n) is 2.26. The lowest BCUT2D eigenvalue weighted by molar-refractivity contribution is 0.588. The second-order valence-corrected chi connectivity index (χ2v) is 2.26. The van der Waals surface area contributed by atoms with Gasteiger partial charge in [-0.25, -0.2) is 0 Å². The molecule has 1 aliphatic rings. The Kier molecular flexibility index (Phi) is 1.72. The summed E-state index contributed by atoms with van der Waals surface area (Å²) in [5, 5.41) is 0. The lowest BCUT2D eigenvalue weighted by Gasteiger charge is -2.14. The molecule has 0 spiro atoms. The molecular formula is C7H12. The van der Waals surface area contributed by atoms with E-state index >= 15 is 0 Å². The third kappa shape index (κ3) is 1.50. The Morgan fingerprint density at radius 1 is 1.29 bits per heavy atom. The van der Waals surface area contributed by atoms with E-state index in [1.165, 1.54) is 19.3 Å². The van der Waals surface area contributed by atoms with Crippen molar-refractivity contribution >= 4 is 0 Å². The minimum atomic E-state index is 0.786. The molecule has 0 heteroatoms. The molecule has 0 saturated heterocycles. The lowest BCUT2D eigenvalue weighted by atomic mass is 9.91. The highest BCUT2D eigenvalue weighted by Crippen LogP contribution is 2.19. The van der Waals surface area contributed by atoms with Gasteiger partial charge in [-0.05, 0) is 31.6 Å². The molecule has 0 unspecified atom stereocenters. The minimum Gasteiger partial charge on any atom is -0.0620 e. The van der Waals surface area contributed by atoms with Crippen LogP contribution < -0.4 is 0 Å². The van der Waals surface area contributed by atoms with Crippen LogP contribution in [0.3, 0.4) is 0 Å². The summed E-state index contributed by atoms with van der Waals surface area (Å²) in [4.78, 5) is 0. The molecule has 1 rings (SSSR count). The molecule has 0 bridgehead atoms. The molecule has 1 saturated carbocycles. The summed E-state index contributed by atoms with van der Waals surface area (Å²) in [6.45, 7) is 2.25. The fourth-order valence-corrected chi connectivity index (χ4v) is 0.976. The molecule has 0 amide bonds. The van der Waals surface area contributed by atoms with E-state index in [0.29, 0.717) is 0 Å². The maximum absolute atomic E-state index is 2.38. The van der Waals surface area contributed by atoms with E-state index in [1.807, 2.05) is 0 Å². The SMILES string of the molecule is CC1[CH]CCC[CH]1. The summed E-state index contributed by atoms with van der Waals surface area (Å²) in [7, 11) is 0. The van der Waals surface area contributed by atoms with Gasteiger partial charge in [0.05, 0.1) is 0 Å². The molecule has 1 aliphatic carbocycles. The van der Waals surface area contributed by atoms with Crippen molar-refractivity contribution in [1.29, 1.82) is 0 Å². The van der Waals surface area contributed by atoms with E-state index in [0.717, 1.165) is 5.92 Å². The van der Waals surface area contributed by atoms with Crippen LogP contribution in [0.1, 0.15) is 26.2 Å². The third-order valence-electron chi connectivity index (χ3n) is 1.49. The summed E-state index contributed by atoms with van der Waals surface area (Å²) >= 11 is 0. The molecule has 0 atom stereocenters. The van der Waals surface area contributed by atoms with Gasteiger partial charge in [0, 0.05) is 0 Å². The molecule has 0 aromatic heterocycles. The molecule has 7 heavy (non-hydrogen) atoms. The topological polar surface area (TPSA) is 0 Å². The summed E-state index contributed by atoms with van der Waals surface area (Å²) in [6.07, 6.45) is 8.80. The maximum Gasteiger partial charge on any atom is -0.0355 e. The van der Waals surface area contributed by atoms with E-state index in [2.05, 4.69) is 19.8 Å². The average Bonchev–Trinajstić information content (AvgIpc) is 1.69. The summed E-state index contributed by atoms with van der Waals surface area (Å²) in [5.74, 6) is 0.786. The van der Waals surface area contributed by atoms with Gasteiger partial charge in [0.15, 0.2) is 0 Å². The first-order valence-electron chi connectivity index (χ1n) is 3.06. The average molecular weight is 96.2 g/mol. The van der Waals surface area contributed by atoms with Gasteiger partial charge in [0.2, 0.25) is 0 Å². The van der Waals surface area contributed by atoms with Gasteiger partial charge in [0.25, 0.3) is 0 Å². The monoisotopic (exact) mass is 96.1 g/mol. The van der Waals surface area contributed by atoms with Crippen LogP contribution >= 0.6 is 0 Å². The lowest BCUT2D eigenvalue weighted by Crippen LogP contribution is -2.02. The zero-order valence-electron chi connectivity index (χ0n) is 4.85. The van der Waals surface area contributed by atoms with Crippen molar-refractivity contribution in [3.8, 4) is 0 Å². The van der Waals surface area contributed by atoms with E-state index in [1.54, 1.807) is 0 Å². The Morgan fingerprint density at radius 2 is 1.86 bits per heavy atom. The van der Waals surface area contributed by atoms with E-state index in [-0.39, 0.29) is 0 Å². The van der Waals surface area contributed by atoms with Crippen LogP contribution in [-0.2, 0) is 0 Å². The first-order valence-corrected chi connectivity index (χ1v) is 3.06. The zero-order chi connectivity index (χ0) is 5.11. The standard InChI is InChI=1S/C7H12/c1-7-5-3-2-4-6-7/h5-7H,2-4H2,1H3. The second kappa shape index (κ2) is 2.34. The molecule has 0 N–H and O–H groups in total. The van der Waals surface area contributed by atoms with Crippen LogP contribution in [0.25, 0.3) is 0 Å². The first kappa shape index (κ1) is 5.14. The van der Waals surface area contributed by atoms with Crippen molar-refractivity contribution < 1.29 is 0 Å². The molecule has 0 nitrogen and oxygen atoms in total. The van der Waals surface area contributed by atoms with Crippen molar-refractivity contribution in [2.45, 2.75) is 26.2 Å². The van der Waals surface area contributed by atoms with Crippen molar-refractivity contribution in [1.82, 2.24) is 0 Å². The van der Waals surface area contributed by atoms with E-state index < -0.39 is 0 Å². The van der Waals surface area contributed by atoms with E-state index in [9.17, 15) is 0 Å². The summed E-state index contributed by atoms with van der Waals surface area (Å²) in [5.41, 5.74) is 0. The van der Waals surface area contributed by atoms with Gasteiger partial charge >= 0.3 is 0 Å². The largest absolute Gasteiger partial charge is 0.0620 e. The van der Waals surface area contributed by atoms with Gasteiger partial charge in [-0.2, -0.15) is 0 Å². The zero-order valence-corrected chi connectivity index (χ0v) is 4.85. The molecule has 0 aromatic carbocycles. The van der Waals surface area contributed by atoms with Gasteiger partial charge in [0.1, 0.15) is 0 Å². The maximum atomic E-state index is 2.38. The molecular weight excluding hydrogens is 84.1 g/mol. The van der Waals surface area contributed by atoms with Crippen molar-refractivity contribution in [3.63, 3.8) is 0 Å². The highest BCUT2D eigenvalue weighted by atomic mass is 14.1. The van der Waals surface area contributed by atoms with Crippen molar-refractivity contribution in [3.05, 3.63) is 12.8 Å². The quantitative estimate of drug-likeness (QED) is 0.433. The van der Waals surface area contributed by atoms with Gasteiger partial charge in [-0.1, -0.05) is 13.3 Å². The normalized spacial score (nSPS) is 25.3. The summed E-state index contributed by atoms with van der Waals surface area (Å²) < 4.78 is 0. The van der Waals surface area contributed by atoms with Crippen LogP contribution in [0.2, 0.25) is 0 Å². The Morgan fingerprint density at radius 3 is 2.14 bits per heavy atom. The van der Waals surface area contributed by atoms with Crippen LogP contribution in [-0.4, -0.2) is 0 Å². The van der Waals surface area contributed by atoms with Crippen LogP contribution in [0.15, 0.2) is 0 Å². The minimum absolute atomic E-state index is 0.786. The molecule has 1 fully saturated rings. The Bertz CT molecular complexity index is 42.0. The third-order valence-corrected chi connectivity index (χ3v) is 1.49. The Labute approximate surface area is 45.9 Å². The van der Waals surface area contributed by atoms with Gasteiger partial charge in [-0.3, -0.25) is 0 Å². The number of hydrogen-bond donors (Lipinski definition) is 0. The Balaban J connectivity index is 2.12. The van der Waals surface area contributed by atoms with Crippen molar-refractivity contribution in [2.75, 3.05) is 0 Å². The van der Waals surface area contributed by atoms with Gasteiger partial charge in [-0.15, -0.1) is 0 Å². The van der Waals surface area contributed by atoms with Gasteiger partial charge < -0.3 is 0 Å². The Hall–Kier alpha value is 0. The highest BCUT2D eigenvalue weighted by molar-refractivity contribution is 4.88. The van der Waals surface area contributed by atoms with Crippen molar-refractivity contribution in [2.24, 2.45) is 5.92 Å². The number of hydrogen-bond acceptors (Lipinski definition) is 0. The summed E-state index contributed by atoms with van der Waals surface area (Å²) in [6, 6.07) is 0. The molecule has 0 aromatic rings. The number of rotatable bonds is 0. The predicted octanol–water partition coefficient (Wildman–Crippen LogP) is 2.21. The highest BCUT2D eigenvalue weighted by Gasteiger charge is 2.06. The molecule has 2 radical (unpaired) electrons.